The Morgan fingerprint density at radius 3 is 3.22 bits per heavy atom. The molecule has 0 spiro atoms. The third-order valence-corrected chi connectivity index (χ3v) is 3.83. The highest BCUT2D eigenvalue weighted by Gasteiger charge is 2.27. The molecule has 8 heteroatoms. The number of amides is 2. The molecule has 1 aliphatic heterocycles. The number of likely N-dealkylation sites (tertiary alicyclic amines) is 1. The minimum atomic E-state index is -0.0886. The Morgan fingerprint density at radius 2 is 2.43 bits per heavy atom. The monoisotopic (exact) mass is 316 g/mol. The van der Waals surface area contributed by atoms with Crippen LogP contribution in [0.5, 0.6) is 5.75 Å². The summed E-state index contributed by atoms with van der Waals surface area (Å²) in [5.74, 6) is 1.82. The van der Waals surface area contributed by atoms with Gasteiger partial charge in [-0.25, -0.2) is 4.79 Å². The van der Waals surface area contributed by atoms with Gasteiger partial charge < -0.3 is 15.0 Å². The number of hydrogen-bond donors (Lipinski definition) is 2. The number of tetrazole rings is 1. The van der Waals surface area contributed by atoms with Crippen molar-refractivity contribution in [2.24, 2.45) is 5.92 Å². The number of benzene rings is 1. The number of H-pyrrole nitrogens is 1. The third-order valence-electron chi connectivity index (χ3n) is 3.83. The molecule has 1 fully saturated rings. The number of rotatable bonds is 5. The number of anilines is 1. The lowest BCUT2D eigenvalue weighted by molar-refractivity contribution is 0.220. The second kappa shape index (κ2) is 7.08. The first kappa shape index (κ1) is 15.3. The van der Waals surface area contributed by atoms with Crippen LogP contribution in [0.3, 0.4) is 0 Å². The Kier molecular flexibility index (Phi) is 4.70. The SMILES string of the molecule is CCOc1cccc(NC(=O)N2CCC(Cc3nn[nH]n3)C2)c1. The van der Waals surface area contributed by atoms with Gasteiger partial charge in [-0.3, -0.25) is 0 Å². The highest BCUT2D eigenvalue weighted by molar-refractivity contribution is 5.89. The first-order chi connectivity index (χ1) is 11.2. The number of carbonyl (C=O) groups excluding carboxylic acids is 1. The molecule has 2 heterocycles. The predicted molar refractivity (Wildman–Crippen MR) is 84.2 cm³/mol. The Morgan fingerprint density at radius 1 is 1.52 bits per heavy atom. The molecule has 1 aromatic heterocycles. The van der Waals surface area contributed by atoms with E-state index in [1.54, 1.807) is 0 Å². The van der Waals surface area contributed by atoms with Crippen molar-refractivity contribution in [3.63, 3.8) is 0 Å². The van der Waals surface area contributed by atoms with Crippen molar-refractivity contribution in [3.05, 3.63) is 30.1 Å². The van der Waals surface area contributed by atoms with Crippen LogP contribution in [0.15, 0.2) is 24.3 Å². The van der Waals surface area contributed by atoms with Crippen LogP contribution in [-0.4, -0.2) is 51.3 Å². The summed E-state index contributed by atoms with van der Waals surface area (Å²) in [4.78, 5) is 14.2. The highest BCUT2D eigenvalue weighted by atomic mass is 16.5. The average molecular weight is 316 g/mol. The summed E-state index contributed by atoms with van der Waals surface area (Å²) in [6.45, 7) is 3.96. The van der Waals surface area contributed by atoms with E-state index in [1.807, 2.05) is 36.1 Å². The van der Waals surface area contributed by atoms with Crippen molar-refractivity contribution < 1.29 is 9.53 Å². The molecule has 2 aromatic rings. The normalized spacial score (nSPS) is 17.3. The van der Waals surface area contributed by atoms with E-state index in [1.165, 1.54) is 0 Å². The summed E-state index contributed by atoms with van der Waals surface area (Å²) < 4.78 is 5.44. The molecule has 0 bridgehead atoms. The number of nitrogens with zero attached hydrogens (tertiary/aromatic N) is 4. The number of carbonyl (C=O) groups is 1. The van der Waals surface area contributed by atoms with Gasteiger partial charge in [-0.15, -0.1) is 10.2 Å². The van der Waals surface area contributed by atoms with E-state index >= 15 is 0 Å². The van der Waals surface area contributed by atoms with Gasteiger partial charge in [-0.2, -0.15) is 5.21 Å². The van der Waals surface area contributed by atoms with E-state index in [2.05, 4.69) is 25.9 Å². The molecule has 1 atom stereocenters. The first-order valence-electron chi connectivity index (χ1n) is 7.75. The van der Waals surface area contributed by atoms with Gasteiger partial charge in [0.1, 0.15) is 5.75 Å². The number of urea groups is 1. The Hall–Kier alpha value is -2.64. The van der Waals surface area contributed by atoms with Gasteiger partial charge in [0, 0.05) is 31.3 Å². The molecule has 1 saturated heterocycles. The van der Waals surface area contributed by atoms with Crippen LogP contribution < -0.4 is 10.1 Å². The zero-order chi connectivity index (χ0) is 16.1. The predicted octanol–water partition coefficient (Wildman–Crippen LogP) is 1.69. The molecular formula is C15H20N6O2. The molecule has 8 nitrogen and oxygen atoms in total. The van der Waals surface area contributed by atoms with E-state index in [-0.39, 0.29) is 6.03 Å². The van der Waals surface area contributed by atoms with E-state index < -0.39 is 0 Å². The van der Waals surface area contributed by atoms with Gasteiger partial charge in [0.25, 0.3) is 0 Å². The van der Waals surface area contributed by atoms with Crippen molar-refractivity contribution in [1.82, 2.24) is 25.5 Å². The fourth-order valence-electron chi connectivity index (χ4n) is 2.74. The summed E-state index contributed by atoms with van der Waals surface area (Å²) in [5.41, 5.74) is 0.738. The van der Waals surface area contributed by atoms with Crippen molar-refractivity contribution in [1.29, 1.82) is 0 Å². The number of hydrogen-bond acceptors (Lipinski definition) is 5. The molecule has 122 valence electrons. The summed E-state index contributed by atoms with van der Waals surface area (Å²) in [7, 11) is 0. The maximum absolute atomic E-state index is 12.4. The number of nitrogens with one attached hydrogen (secondary N) is 2. The third kappa shape index (κ3) is 3.97. The Balaban J connectivity index is 1.53. The molecule has 23 heavy (non-hydrogen) atoms. The summed E-state index contributed by atoms with van der Waals surface area (Å²) in [6.07, 6.45) is 1.68. The Labute approximate surface area is 134 Å². The van der Waals surface area contributed by atoms with Crippen LogP contribution in [0, 0.1) is 5.92 Å². The van der Waals surface area contributed by atoms with Gasteiger partial charge in [-0.1, -0.05) is 11.3 Å². The first-order valence-corrected chi connectivity index (χ1v) is 7.75. The molecule has 2 N–H and O–H groups in total. The van der Waals surface area contributed by atoms with E-state index in [4.69, 9.17) is 4.74 Å². The summed E-state index contributed by atoms with van der Waals surface area (Å²) in [6, 6.07) is 7.33. The average Bonchev–Trinajstić information content (AvgIpc) is 3.20. The van der Waals surface area contributed by atoms with Gasteiger partial charge in [0.05, 0.1) is 6.61 Å². The van der Waals surface area contributed by atoms with Crippen molar-refractivity contribution in [2.75, 3.05) is 25.0 Å². The van der Waals surface area contributed by atoms with Crippen molar-refractivity contribution >= 4 is 11.7 Å². The van der Waals surface area contributed by atoms with Gasteiger partial charge in [-0.05, 0) is 31.4 Å². The fourth-order valence-corrected chi connectivity index (χ4v) is 2.74. The van der Waals surface area contributed by atoms with Crippen LogP contribution in [0.2, 0.25) is 0 Å². The van der Waals surface area contributed by atoms with E-state index in [0.717, 1.165) is 30.8 Å². The van der Waals surface area contributed by atoms with Crippen LogP contribution in [0.1, 0.15) is 19.2 Å². The van der Waals surface area contributed by atoms with Crippen LogP contribution >= 0.6 is 0 Å². The van der Waals surface area contributed by atoms with E-state index in [0.29, 0.717) is 24.9 Å². The van der Waals surface area contributed by atoms with Gasteiger partial charge >= 0.3 is 6.03 Å². The largest absolute Gasteiger partial charge is 0.494 e. The van der Waals surface area contributed by atoms with E-state index in [9.17, 15) is 4.79 Å². The van der Waals surface area contributed by atoms with Crippen LogP contribution in [0.25, 0.3) is 0 Å². The zero-order valence-electron chi connectivity index (χ0n) is 13.0. The lowest BCUT2D eigenvalue weighted by Crippen LogP contribution is -2.33. The second-order valence-corrected chi connectivity index (χ2v) is 5.52. The Bertz CT molecular complexity index is 645. The minimum Gasteiger partial charge on any atom is -0.494 e. The van der Waals surface area contributed by atoms with Crippen LogP contribution in [0.4, 0.5) is 10.5 Å². The highest BCUT2D eigenvalue weighted by Crippen LogP contribution is 2.22. The second-order valence-electron chi connectivity index (χ2n) is 5.52. The lowest BCUT2D eigenvalue weighted by atomic mass is 10.1. The van der Waals surface area contributed by atoms with Crippen molar-refractivity contribution in [2.45, 2.75) is 19.8 Å². The summed E-state index contributed by atoms with van der Waals surface area (Å²) >= 11 is 0. The molecule has 0 saturated carbocycles. The molecule has 1 unspecified atom stereocenters. The standard InChI is InChI=1S/C15H20N6O2/c1-2-23-13-5-3-4-12(9-13)16-15(22)21-7-6-11(10-21)8-14-17-19-20-18-14/h3-5,9,11H,2,6-8,10H2,1H3,(H,16,22)(H,17,18,19,20). The van der Waals surface area contributed by atoms with Crippen LogP contribution in [-0.2, 0) is 6.42 Å². The van der Waals surface area contributed by atoms with Gasteiger partial charge in [0.15, 0.2) is 5.82 Å². The fraction of sp³-hybridized carbons (Fsp3) is 0.467. The molecule has 1 aromatic carbocycles. The quantitative estimate of drug-likeness (QED) is 0.875. The maximum Gasteiger partial charge on any atom is 0.321 e. The molecule has 0 radical (unpaired) electrons. The number of aromatic nitrogens is 4. The maximum atomic E-state index is 12.4. The van der Waals surface area contributed by atoms with Gasteiger partial charge in [0.2, 0.25) is 0 Å². The molecule has 1 aliphatic rings. The zero-order valence-corrected chi connectivity index (χ0v) is 13.0. The molecule has 0 aliphatic carbocycles. The van der Waals surface area contributed by atoms with Crippen molar-refractivity contribution in [3.8, 4) is 5.75 Å². The smallest absolute Gasteiger partial charge is 0.321 e. The lowest BCUT2D eigenvalue weighted by Gasteiger charge is -2.17. The molecule has 2 amide bonds. The number of ether oxygens (including phenoxy) is 1. The molecular weight excluding hydrogens is 296 g/mol. The number of aromatic amines is 1. The molecule has 3 rings (SSSR count). The topological polar surface area (TPSA) is 96.0 Å². The minimum absolute atomic E-state index is 0.0886. The summed E-state index contributed by atoms with van der Waals surface area (Å²) in [5, 5.41) is 16.9.